The molecule has 0 saturated carbocycles. The fraction of sp³-hybridized carbons (Fsp3) is 0.222. The molecule has 5 nitrogen and oxygen atoms in total. The van der Waals surface area contributed by atoms with Gasteiger partial charge in [0.25, 0.3) is 0 Å². The monoisotopic (exact) mass is 361 g/mol. The van der Waals surface area contributed by atoms with Gasteiger partial charge in [0, 0.05) is 12.2 Å². The summed E-state index contributed by atoms with van der Waals surface area (Å²) < 4.78 is 16.3. The lowest BCUT2D eigenvalue weighted by Crippen LogP contribution is -2.29. The molecule has 1 amide bonds. The first-order valence-electron chi connectivity index (χ1n) is 7.94. The molecule has 3 aromatic rings. The Hall–Kier alpha value is -2.60. The Morgan fingerprint density at radius 1 is 1.16 bits per heavy atom. The zero-order chi connectivity index (χ0) is 18.0. The largest absolute Gasteiger partial charge is 0.329 e. The van der Waals surface area contributed by atoms with E-state index in [4.69, 9.17) is 11.6 Å². The molecule has 0 spiro atoms. The van der Waals surface area contributed by atoms with Gasteiger partial charge in [-0.05, 0) is 36.8 Å². The number of carbonyl (C=O) groups is 1. The van der Waals surface area contributed by atoms with E-state index < -0.39 is 5.82 Å². The van der Waals surface area contributed by atoms with Crippen LogP contribution in [0.3, 0.4) is 0 Å². The third-order valence-electron chi connectivity index (χ3n) is 3.88. The molecule has 1 N–H and O–H groups in total. The van der Waals surface area contributed by atoms with Crippen molar-refractivity contribution in [3.05, 3.63) is 63.8 Å². The van der Waals surface area contributed by atoms with Crippen LogP contribution in [-0.4, -0.2) is 15.0 Å². The number of benzene rings is 2. The fourth-order valence-electron chi connectivity index (χ4n) is 2.78. The van der Waals surface area contributed by atoms with E-state index in [9.17, 15) is 14.0 Å². The number of imidazole rings is 1. The molecule has 0 unspecified atom stereocenters. The molecular weight excluding hydrogens is 345 g/mol. The van der Waals surface area contributed by atoms with Crippen LogP contribution in [-0.2, 0) is 17.9 Å². The van der Waals surface area contributed by atoms with E-state index in [2.05, 4.69) is 5.32 Å². The van der Waals surface area contributed by atoms with E-state index in [1.807, 2.05) is 31.2 Å². The van der Waals surface area contributed by atoms with Gasteiger partial charge < -0.3 is 5.32 Å². The lowest BCUT2D eigenvalue weighted by atomic mass is 10.3. The van der Waals surface area contributed by atoms with Crippen molar-refractivity contribution in [3.8, 4) is 0 Å². The fourth-order valence-corrected chi connectivity index (χ4v) is 2.96. The van der Waals surface area contributed by atoms with Gasteiger partial charge in [-0.2, -0.15) is 0 Å². The summed E-state index contributed by atoms with van der Waals surface area (Å²) in [4.78, 5) is 25.0. The molecular formula is C18H17ClFN3O2. The van der Waals surface area contributed by atoms with Crippen molar-refractivity contribution < 1.29 is 9.18 Å². The molecule has 0 aliphatic heterocycles. The maximum absolute atomic E-state index is 13.2. The van der Waals surface area contributed by atoms with E-state index in [0.29, 0.717) is 17.7 Å². The van der Waals surface area contributed by atoms with E-state index in [0.717, 1.165) is 11.9 Å². The van der Waals surface area contributed by atoms with Gasteiger partial charge >= 0.3 is 5.69 Å². The summed E-state index contributed by atoms with van der Waals surface area (Å²) in [5.74, 6) is -0.942. The SMILES string of the molecule is CCCn1c(=O)n(CC(=O)Nc2ccc(F)c(Cl)c2)c2ccccc21. The standard InChI is InChI=1S/C18H17ClFN3O2/c1-2-9-22-15-5-3-4-6-16(15)23(18(22)25)11-17(24)21-12-7-8-14(20)13(19)10-12/h3-8,10H,2,9,11H2,1H3,(H,21,24). The summed E-state index contributed by atoms with van der Waals surface area (Å²) in [6.07, 6.45) is 0.814. The lowest BCUT2D eigenvalue weighted by molar-refractivity contribution is -0.116. The predicted molar refractivity (Wildman–Crippen MR) is 96.5 cm³/mol. The number of hydrogen-bond donors (Lipinski definition) is 1. The highest BCUT2D eigenvalue weighted by atomic mass is 35.5. The Labute approximate surface area is 148 Å². The zero-order valence-corrected chi connectivity index (χ0v) is 14.4. The molecule has 2 aromatic carbocycles. The van der Waals surface area contributed by atoms with Crippen LogP contribution in [0.5, 0.6) is 0 Å². The quantitative estimate of drug-likeness (QED) is 0.754. The average molecular weight is 362 g/mol. The molecule has 1 heterocycles. The Morgan fingerprint density at radius 3 is 2.48 bits per heavy atom. The van der Waals surface area contributed by atoms with Gasteiger partial charge in [-0.25, -0.2) is 9.18 Å². The molecule has 25 heavy (non-hydrogen) atoms. The molecule has 0 radical (unpaired) electrons. The van der Waals surface area contributed by atoms with Crippen molar-refractivity contribution in [2.24, 2.45) is 0 Å². The van der Waals surface area contributed by atoms with Gasteiger partial charge in [0.1, 0.15) is 12.4 Å². The summed E-state index contributed by atoms with van der Waals surface area (Å²) in [6, 6.07) is 11.3. The topological polar surface area (TPSA) is 56.0 Å². The summed E-state index contributed by atoms with van der Waals surface area (Å²) in [5, 5.41) is 2.56. The number of aryl methyl sites for hydroxylation is 1. The van der Waals surface area contributed by atoms with Crippen molar-refractivity contribution in [2.45, 2.75) is 26.4 Å². The van der Waals surface area contributed by atoms with E-state index in [1.165, 1.54) is 22.8 Å². The second-order valence-electron chi connectivity index (χ2n) is 5.69. The number of para-hydroxylation sites is 2. The van der Waals surface area contributed by atoms with Crippen LogP contribution < -0.4 is 11.0 Å². The molecule has 0 bridgehead atoms. The molecule has 0 aliphatic carbocycles. The predicted octanol–water partition coefficient (Wildman–Crippen LogP) is 3.64. The maximum atomic E-state index is 13.2. The first-order chi connectivity index (χ1) is 12.0. The Kier molecular flexibility index (Phi) is 4.90. The highest BCUT2D eigenvalue weighted by Gasteiger charge is 2.15. The van der Waals surface area contributed by atoms with E-state index >= 15 is 0 Å². The van der Waals surface area contributed by atoms with Crippen molar-refractivity contribution in [3.63, 3.8) is 0 Å². The van der Waals surface area contributed by atoms with Crippen LogP contribution in [0.4, 0.5) is 10.1 Å². The number of halogens is 2. The summed E-state index contributed by atoms with van der Waals surface area (Å²) in [7, 11) is 0. The van der Waals surface area contributed by atoms with Crippen LogP contribution in [0, 0.1) is 5.82 Å². The number of rotatable bonds is 5. The summed E-state index contributed by atoms with van der Waals surface area (Å²) in [5.41, 5.74) is 1.65. The second kappa shape index (κ2) is 7.11. The Morgan fingerprint density at radius 2 is 1.84 bits per heavy atom. The summed E-state index contributed by atoms with van der Waals surface area (Å²) in [6.45, 7) is 2.44. The van der Waals surface area contributed by atoms with E-state index in [1.54, 1.807) is 4.57 Å². The number of anilines is 1. The van der Waals surface area contributed by atoms with Gasteiger partial charge in [0.15, 0.2) is 0 Å². The smallest absolute Gasteiger partial charge is 0.324 e. The first-order valence-corrected chi connectivity index (χ1v) is 8.32. The minimum Gasteiger partial charge on any atom is -0.324 e. The number of hydrogen-bond acceptors (Lipinski definition) is 2. The highest BCUT2D eigenvalue weighted by Crippen LogP contribution is 2.19. The zero-order valence-electron chi connectivity index (χ0n) is 13.6. The molecule has 0 saturated heterocycles. The number of amides is 1. The van der Waals surface area contributed by atoms with Gasteiger partial charge in [-0.15, -0.1) is 0 Å². The molecule has 0 atom stereocenters. The normalized spacial score (nSPS) is 11.0. The summed E-state index contributed by atoms with van der Waals surface area (Å²) >= 11 is 5.71. The minimum absolute atomic E-state index is 0.0745. The van der Waals surface area contributed by atoms with Gasteiger partial charge in [-0.1, -0.05) is 30.7 Å². The Bertz CT molecular complexity index is 994. The molecule has 3 rings (SSSR count). The third-order valence-corrected chi connectivity index (χ3v) is 4.17. The van der Waals surface area contributed by atoms with Gasteiger partial charge in [0.05, 0.1) is 16.1 Å². The molecule has 7 heteroatoms. The van der Waals surface area contributed by atoms with Gasteiger partial charge in [-0.3, -0.25) is 13.9 Å². The Balaban J connectivity index is 1.89. The lowest BCUT2D eigenvalue weighted by Gasteiger charge is -2.07. The number of fused-ring (bicyclic) bond motifs is 1. The van der Waals surface area contributed by atoms with Crippen LogP contribution >= 0.6 is 11.6 Å². The second-order valence-corrected chi connectivity index (χ2v) is 6.09. The minimum atomic E-state index is -0.557. The molecule has 0 aliphatic rings. The highest BCUT2D eigenvalue weighted by molar-refractivity contribution is 6.31. The number of carbonyl (C=O) groups excluding carboxylic acids is 1. The molecule has 130 valence electrons. The van der Waals surface area contributed by atoms with Crippen molar-refractivity contribution in [1.82, 2.24) is 9.13 Å². The van der Waals surface area contributed by atoms with Crippen molar-refractivity contribution in [2.75, 3.05) is 5.32 Å². The van der Waals surface area contributed by atoms with Crippen molar-refractivity contribution >= 4 is 34.2 Å². The van der Waals surface area contributed by atoms with Crippen LogP contribution in [0.25, 0.3) is 11.0 Å². The van der Waals surface area contributed by atoms with Gasteiger partial charge in [0.2, 0.25) is 5.91 Å². The maximum Gasteiger partial charge on any atom is 0.329 e. The van der Waals surface area contributed by atoms with E-state index in [-0.39, 0.29) is 23.2 Å². The molecule has 1 aromatic heterocycles. The third kappa shape index (κ3) is 3.44. The number of nitrogens with zero attached hydrogens (tertiary/aromatic N) is 2. The van der Waals surface area contributed by atoms with Crippen LogP contribution in [0.15, 0.2) is 47.3 Å². The number of nitrogens with one attached hydrogen (secondary N) is 1. The molecule has 0 fully saturated rings. The first kappa shape index (κ1) is 17.2. The van der Waals surface area contributed by atoms with Crippen molar-refractivity contribution in [1.29, 1.82) is 0 Å². The average Bonchev–Trinajstić information content (AvgIpc) is 2.84. The number of aromatic nitrogens is 2. The van der Waals surface area contributed by atoms with Crippen LogP contribution in [0.1, 0.15) is 13.3 Å². The van der Waals surface area contributed by atoms with Crippen LogP contribution in [0.2, 0.25) is 5.02 Å².